The lowest BCUT2D eigenvalue weighted by Gasteiger charge is -2.08. The van der Waals surface area contributed by atoms with Gasteiger partial charge in [0.15, 0.2) is 0 Å². The van der Waals surface area contributed by atoms with Gasteiger partial charge in [0.25, 0.3) is 0 Å². The zero-order chi connectivity index (χ0) is 10.3. The van der Waals surface area contributed by atoms with Crippen molar-refractivity contribution in [3.05, 3.63) is 0 Å². The van der Waals surface area contributed by atoms with E-state index in [2.05, 4.69) is 13.8 Å². The maximum atomic E-state index is 10.6. The molecule has 0 bridgehead atoms. The number of unbranched alkanes of at least 4 members (excludes halogenated alkanes) is 1. The molecule has 13 heavy (non-hydrogen) atoms. The Bertz CT molecular complexity index is 141. The van der Waals surface area contributed by atoms with Crippen LogP contribution in [-0.4, -0.2) is 17.0 Å². The van der Waals surface area contributed by atoms with Crippen LogP contribution in [0.25, 0.3) is 0 Å². The van der Waals surface area contributed by atoms with Crippen molar-refractivity contribution in [3.63, 3.8) is 0 Å². The Kier molecular flexibility index (Phi) is 6.87. The maximum Gasteiger partial charge on any atom is 0.132 e. The van der Waals surface area contributed by atoms with Crippen LogP contribution in [0.3, 0.4) is 0 Å². The lowest BCUT2D eigenvalue weighted by atomic mass is 10.0. The lowest BCUT2D eigenvalue weighted by molar-refractivity contribution is -0.118. The number of hydrogen-bond acceptors (Lipinski definition) is 2. The third kappa shape index (κ3) is 9.54. The van der Waals surface area contributed by atoms with Crippen LogP contribution in [-0.2, 0) is 4.79 Å². The normalized spacial score (nSPS) is 13.3. The molecule has 1 unspecified atom stereocenters. The minimum absolute atomic E-state index is 0.0800. The predicted molar refractivity (Wildman–Crippen MR) is 54.6 cm³/mol. The standard InChI is InChI=1S/C11H22O2/c1-9(2)6-4-5-7-11(13)8-10(3)12/h9,11,13H,4-8H2,1-3H3. The van der Waals surface area contributed by atoms with E-state index >= 15 is 0 Å². The SMILES string of the molecule is CC(=O)CC(O)CCCCC(C)C. The number of hydrogen-bond donors (Lipinski definition) is 1. The molecule has 1 N–H and O–H groups in total. The summed E-state index contributed by atoms with van der Waals surface area (Å²) in [7, 11) is 0. The number of rotatable bonds is 7. The maximum absolute atomic E-state index is 10.6. The molecule has 2 heteroatoms. The Morgan fingerprint density at radius 1 is 1.23 bits per heavy atom. The van der Waals surface area contributed by atoms with E-state index in [1.54, 1.807) is 0 Å². The first kappa shape index (κ1) is 12.6. The van der Waals surface area contributed by atoms with Crippen LogP contribution < -0.4 is 0 Å². The van der Waals surface area contributed by atoms with Crippen LogP contribution >= 0.6 is 0 Å². The van der Waals surface area contributed by atoms with Crippen molar-refractivity contribution in [3.8, 4) is 0 Å². The van der Waals surface area contributed by atoms with E-state index in [1.807, 2.05) is 0 Å². The van der Waals surface area contributed by atoms with E-state index < -0.39 is 6.10 Å². The molecule has 0 aromatic heterocycles. The molecule has 0 radical (unpaired) electrons. The molecule has 0 aromatic carbocycles. The van der Waals surface area contributed by atoms with Crippen LogP contribution in [0.4, 0.5) is 0 Å². The summed E-state index contributed by atoms with van der Waals surface area (Å²) in [5.74, 6) is 0.821. The third-order valence-corrected chi connectivity index (χ3v) is 2.09. The summed E-state index contributed by atoms with van der Waals surface area (Å²) in [6.45, 7) is 5.93. The Morgan fingerprint density at radius 2 is 1.77 bits per heavy atom. The molecule has 0 fully saturated rings. The van der Waals surface area contributed by atoms with Gasteiger partial charge in [0.2, 0.25) is 0 Å². The summed E-state index contributed by atoms with van der Waals surface area (Å²) in [5.41, 5.74) is 0. The average molecular weight is 186 g/mol. The Balaban J connectivity index is 3.26. The smallest absolute Gasteiger partial charge is 0.132 e. The molecule has 0 heterocycles. The highest BCUT2D eigenvalue weighted by Crippen LogP contribution is 2.11. The fourth-order valence-electron chi connectivity index (χ4n) is 1.37. The van der Waals surface area contributed by atoms with Gasteiger partial charge in [0.05, 0.1) is 6.10 Å². The number of aliphatic hydroxyl groups is 1. The lowest BCUT2D eigenvalue weighted by Crippen LogP contribution is -2.10. The van der Waals surface area contributed by atoms with Gasteiger partial charge >= 0.3 is 0 Å². The van der Waals surface area contributed by atoms with Gasteiger partial charge in [-0.3, -0.25) is 4.79 Å². The summed E-state index contributed by atoms with van der Waals surface area (Å²) in [5, 5.41) is 9.36. The minimum Gasteiger partial charge on any atom is -0.393 e. The Hall–Kier alpha value is -0.370. The highest BCUT2D eigenvalue weighted by molar-refractivity contribution is 5.75. The average Bonchev–Trinajstić information content (AvgIpc) is 1.96. The van der Waals surface area contributed by atoms with Gasteiger partial charge in [-0.1, -0.05) is 33.1 Å². The minimum atomic E-state index is -0.412. The van der Waals surface area contributed by atoms with Gasteiger partial charge in [-0.2, -0.15) is 0 Å². The van der Waals surface area contributed by atoms with Crippen LogP contribution in [0.2, 0.25) is 0 Å². The van der Waals surface area contributed by atoms with Crippen molar-refractivity contribution in [1.82, 2.24) is 0 Å². The van der Waals surface area contributed by atoms with Gasteiger partial charge in [-0.05, 0) is 19.3 Å². The number of ketones is 1. The van der Waals surface area contributed by atoms with Crippen molar-refractivity contribution in [2.45, 2.75) is 59.0 Å². The zero-order valence-electron chi connectivity index (χ0n) is 9.05. The monoisotopic (exact) mass is 186 g/mol. The second-order valence-electron chi connectivity index (χ2n) is 4.24. The van der Waals surface area contributed by atoms with E-state index in [0.717, 1.165) is 25.2 Å². The van der Waals surface area contributed by atoms with Crippen molar-refractivity contribution < 1.29 is 9.90 Å². The second kappa shape index (κ2) is 7.07. The van der Waals surface area contributed by atoms with Crippen LogP contribution in [0.15, 0.2) is 0 Å². The quantitative estimate of drug-likeness (QED) is 0.620. The van der Waals surface area contributed by atoms with Gasteiger partial charge < -0.3 is 5.11 Å². The van der Waals surface area contributed by atoms with Crippen LogP contribution in [0.1, 0.15) is 52.9 Å². The molecule has 0 saturated heterocycles. The molecular formula is C11H22O2. The van der Waals surface area contributed by atoms with E-state index in [-0.39, 0.29) is 5.78 Å². The van der Waals surface area contributed by atoms with E-state index in [4.69, 9.17) is 0 Å². The van der Waals surface area contributed by atoms with Gasteiger partial charge in [-0.25, -0.2) is 0 Å². The summed E-state index contributed by atoms with van der Waals surface area (Å²) in [6, 6.07) is 0. The predicted octanol–water partition coefficient (Wildman–Crippen LogP) is 2.54. The number of Topliss-reactive ketones (excluding diaryl/α,β-unsaturated/α-hetero) is 1. The molecule has 1 atom stereocenters. The summed E-state index contributed by atoms with van der Waals surface area (Å²) >= 11 is 0. The van der Waals surface area contributed by atoms with Crippen molar-refractivity contribution >= 4 is 5.78 Å². The second-order valence-corrected chi connectivity index (χ2v) is 4.24. The van der Waals surface area contributed by atoms with Gasteiger partial charge in [0.1, 0.15) is 5.78 Å². The highest BCUT2D eigenvalue weighted by atomic mass is 16.3. The molecule has 0 aliphatic carbocycles. The molecule has 0 rings (SSSR count). The zero-order valence-corrected chi connectivity index (χ0v) is 9.05. The molecule has 2 nitrogen and oxygen atoms in total. The molecule has 0 saturated carbocycles. The third-order valence-electron chi connectivity index (χ3n) is 2.09. The largest absolute Gasteiger partial charge is 0.393 e. The van der Waals surface area contributed by atoms with E-state index in [1.165, 1.54) is 13.3 Å². The van der Waals surface area contributed by atoms with Gasteiger partial charge in [0, 0.05) is 6.42 Å². The molecular weight excluding hydrogens is 164 g/mol. The topological polar surface area (TPSA) is 37.3 Å². The fraction of sp³-hybridized carbons (Fsp3) is 0.909. The van der Waals surface area contributed by atoms with Crippen molar-refractivity contribution in [2.24, 2.45) is 5.92 Å². The molecule has 0 aliphatic rings. The molecule has 0 aromatic rings. The van der Waals surface area contributed by atoms with E-state index in [9.17, 15) is 9.90 Å². The van der Waals surface area contributed by atoms with Gasteiger partial charge in [-0.15, -0.1) is 0 Å². The molecule has 0 aliphatic heterocycles. The summed E-state index contributed by atoms with van der Waals surface area (Å²) in [4.78, 5) is 10.6. The molecule has 0 amide bonds. The van der Waals surface area contributed by atoms with Crippen molar-refractivity contribution in [1.29, 1.82) is 0 Å². The van der Waals surface area contributed by atoms with Crippen molar-refractivity contribution in [2.75, 3.05) is 0 Å². The Morgan fingerprint density at radius 3 is 2.23 bits per heavy atom. The van der Waals surface area contributed by atoms with Crippen LogP contribution in [0, 0.1) is 5.92 Å². The van der Waals surface area contributed by atoms with E-state index in [0.29, 0.717) is 6.42 Å². The number of carbonyl (C=O) groups is 1. The number of aliphatic hydroxyl groups excluding tert-OH is 1. The first-order chi connectivity index (χ1) is 6.02. The first-order valence-corrected chi connectivity index (χ1v) is 5.20. The Labute approximate surface area is 81.3 Å². The highest BCUT2D eigenvalue weighted by Gasteiger charge is 2.06. The number of carbonyl (C=O) groups excluding carboxylic acids is 1. The summed E-state index contributed by atoms with van der Waals surface area (Å²) in [6.07, 6.45) is 4.09. The molecule has 0 spiro atoms. The fourth-order valence-corrected chi connectivity index (χ4v) is 1.37. The first-order valence-electron chi connectivity index (χ1n) is 5.20. The van der Waals surface area contributed by atoms with Crippen LogP contribution in [0.5, 0.6) is 0 Å². The molecule has 78 valence electrons. The summed E-state index contributed by atoms with van der Waals surface area (Å²) < 4.78 is 0.